The summed E-state index contributed by atoms with van der Waals surface area (Å²) in [6.45, 7) is 4.57. The summed E-state index contributed by atoms with van der Waals surface area (Å²) in [5.74, 6) is -1.33. The molecule has 0 bridgehead atoms. The predicted octanol–water partition coefficient (Wildman–Crippen LogP) is -0.503. The Bertz CT molecular complexity index is 279. The van der Waals surface area contributed by atoms with Crippen molar-refractivity contribution in [1.29, 1.82) is 0 Å². The van der Waals surface area contributed by atoms with Crippen LogP contribution < -0.4 is 10.6 Å². The van der Waals surface area contributed by atoms with Crippen LogP contribution in [0.15, 0.2) is 0 Å². The van der Waals surface area contributed by atoms with Gasteiger partial charge < -0.3 is 15.5 Å². The lowest BCUT2D eigenvalue weighted by atomic mass is 10.3. The van der Waals surface area contributed by atoms with E-state index in [1.165, 1.54) is 11.8 Å². The van der Waals surface area contributed by atoms with E-state index < -0.39 is 11.8 Å². The topological polar surface area (TPSA) is 78.5 Å². The molecule has 0 aliphatic rings. The van der Waals surface area contributed by atoms with E-state index in [0.717, 1.165) is 12.8 Å². The van der Waals surface area contributed by atoms with Crippen LogP contribution in [-0.2, 0) is 14.4 Å². The van der Waals surface area contributed by atoms with Crippen LogP contribution in [0.25, 0.3) is 0 Å². The van der Waals surface area contributed by atoms with Gasteiger partial charge in [0.1, 0.15) is 0 Å². The minimum absolute atomic E-state index is 0.161. The normalized spacial score (nSPS) is 9.59. The molecule has 0 heterocycles. The number of nitrogens with zero attached hydrogens (tertiary/aromatic N) is 1. The number of carbonyl (C=O) groups is 3. The van der Waals surface area contributed by atoms with Gasteiger partial charge >= 0.3 is 11.8 Å². The van der Waals surface area contributed by atoms with Crippen LogP contribution in [0.1, 0.15) is 26.7 Å². The molecule has 0 spiro atoms. The Balaban J connectivity index is 3.81. The zero-order chi connectivity index (χ0) is 13.3. The van der Waals surface area contributed by atoms with Crippen molar-refractivity contribution in [2.45, 2.75) is 26.7 Å². The average Bonchev–Trinajstić information content (AvgIpc) is 2.30. The lowest BCUT2D eigenvalue weighted by Crippen LogP contribution is -2.43. The molecule has 0 unspecified atom stereocenters. The number of hydrogen-bond donors (Lipinski definition) is 2. The molecule has 0 fully saturated rings. The van der Waals surface area contributed by atoms with Crippen molar-refractivity contribution in [2.24, 2.45) is 0 Å². The Hall–Kier alpha value is -1.59. The highest BCUT2D eigenvalue weighted by atomic mass is 16.2. The Kier molecular flexibility index (Phi) is 7.75. The zero-order valence-electron chi connectivity index (χ0n) is 10.7. The van der Waals surface area contributed by atoms with Crippen molar-refractivity contribution in [1.82, 2.24) is 15.5 Å². The van der Waals surface area contributed by atoms with Gasteiger partial charge in [-0.05, 0) is 6.42 Å². The molecule has 0 radical (unpaired) electrons. The standard InChI is InChI=1S/C11H21N3O3/c1-4-5-8-14(3)11(17)10(16)13-7-6-12-9(2)15/h4-8H2,1-3H3,(H,12,15)(H,13,16). The molecule has 0 saturated carbocycles. The lowest BCUT2D eigenvalue weighted by molar-refractivity contribution is -0.145. The van der Waals surface area contributed by atoms with Crippen LogP contribution >= 0.6 is 0 Å². The summed E-state index contributed by atoms with van der Waals surface area (Å²) < 4.78 is 0. The van der Waals surface area contributed by atoms with E-state index in [4.69, 9.17) is 0 Å². The SMILES string of the molecule is CCCCN(C)C(=O)C(=O)NCCNC(C)=O. The van der Waals surface area contributed by atoms with E-state index in [1.807, 2.05) is 6.92 Å². The van der Waals surface area contributed by atoms with Crippen LogP contribution in [0.3, 0.4) is 0 Å². The first-order valence-corrected chi connectivity index (χ1v) is 5.76. The minimum Gasteiger partial charge on any atom is -0.355 e. The fourth-order valence-corrected chi connectivity index (χ4v) is 1.16. The highest BCUT2D eigenvalue weighted by Crippen LogP contribution is 1.92. The van der Waals surface area contributed by atoms with Crippen molar-refractivity contribution in [3.8, 4) is 0 Å². The molecular formula is C11H21N3O3. The highest BCUT2D eigenvalue weighted by molar-refractivity contribution is 6.34. The fraction of sp³-hybridized carbons (Fsp3) is 0.727. The fourth-order valence-electron chi connectivity index (χ4n) is 1.16. The van der Waals surface area contributed by atoms with Gasteiger partial charge in [-0.25, -0.2) is 0 Å². The van der Waals surface area contributed by atoms with E-state index in [0.29, 0.717) is 13.1 Å². The van der Waals surface area contributed by atoms with Gasteiger partial charge in [0.25, 0.3) is 0 Å². The van der Waals surface area contributed by atoms with Gasteiger partial charge in [-0.3, -0.25) is 14.4 Å². The molecule has 0 aliphatic heterocycles. The zero-order valence-corrected chi connectivity index (χ0v) is 10.7. The lowest BCUT2D eigenvalue weighted by Gasteiger charge is -2.15. The first-order valence-electron chi connectivity index (χ1n) is 5.76. The summed E-state index contributed by atoms with van der Waals surface area (Å²) in [6.07, 6.45) is 1.85. The molecule has 17 heavy (non-hydrogen) atoms. The molecule has 6 heteroatoms. The largest absolute Gasteiger partial charge is 0.355 e. The van der Waals surface area contributed by atoms with Gasteiger partial charge in [-0.15, -0.1) is 0 Å². The molecule has 0 aromatic heterocycles. The van der Waals surface area contributed by atoms with E-state index >= 15 is 0 Å². The molecule has 3 amide bonds. The summed E-state index contributed by atoms with van der Waals surface area (Å²) in [6, 6.07) is 0. The van der Waals surface area contributed by atoms with E-state index in [-0.39, 0.29) is 12.5 Å². The van der Waals surface area contributed by atoms with E-state index in [1.54, 1.807) is 7.05 Å². The van der Waals surface area contributed by atoms with E-state index in [2.05, 4.69) is 10.6 Å². The van der Waals surface area contributed by atoms with Crippen molar-refractivity contribution in [3.63, 3.8) is 0 Å². The van der Waals surface area contributed by atoms with Crippen molar-refractivity contribution in [3.05, 3.63) is 0 Å². The second kappa shape index (κ2) is 8.55. The predicted molar refractivity (Wildman–Crippen MR) is 64.2 cm³/mol. The van der Waals surface area contributed by atoms with Gasteiger partial charge in [0.15, 0.2) is 0 Å². The minimum atomic E-state index is -0.631. The number of unbranched alkanes of at least 4 members (excludes halogenated alkanes) is 1. The summed E-state index contributed by atoms with van der Waals surface area (Å²) in [7, 11) is 1.60. The van der Waals surface area contributed by atoms with Gasteiger partial charge in [-0.1, -0.05) is 13.3 Å². The second-order valence-electron chi connectivity index (χ2n) is 3.82. The second-order valence-corrected chi connectivity index (χ2v) is 3.82. The molecular weight excluding hydrogens is 222 g/mol. The molecule has 2 N–H and O–H groups in total. The van der Waals surface area contributed by atoms with E-state index in [9.17, 15) is 14.4 Å². The number of hydrogen-bond acceptors (Lipinski definition) is 3. The van der Waals surface area contributed by atoms with Crippen LogP contribution in [0.5, 0.6) is 0 Å². The Labute approximate surface area is 102 Å². The van der Waals surface area contributed by atoms with Crippen LogP contribution in [-0.4, -0.2) is 49.3 Å². The highest BCUT2D eigenvalue weighted by Gasteiger charge is 2.17. The van der Waals surface area contributed by atoms with Gasteiger partial charge in [0.05, 0.1) is 0 Å². The number of rotatable bonds is 6. The summed E-state index contributed by atoms with van der Waals surface area (Å²) in [5.41, 5.74) is 0. The molecule has 0 aromatic rings. The van der Waals surface area contributed by atoms with Crippen molar-refractivity contribution in [2.75, 3.05) is 26.7 Å². The Morgan fingerprint density at radius 2 is 1.71 bits per heavy atom. The third kappa shape index (κ3) is 7.32. The summed E-state index contributed by atoms with van der Waals surface area (Å²) in [4.78, 5) is 34.8. The van der Waals surface area contributed by atoms with Gasteiger partial charge in [0.2, 0.25) is 5.91 Å². The number of amides is 3. The Morgan fingerprint density at radius 1 is 1.12 bits per heavy atom. The van der Waals surface area contributed by atoms with Crippen LogP contribution in [0.4, 0.5) is 0 Å². The van der Waals surface area contributed by atoms with Crippen LogP contribution in [0, 0.1) is 0 Å². The van der Waals surface area contributed by atoms with Crippen molar-refractivity contribution >= 4 is 17.7 Å². The molecule has 0 saturated heterocycles. The summed E-state index contributed by atoms with van der Waals surface area (Å²) >= 11 is 0. The maximum Gasteiger partial charge on any atom is 0.311 e. The number of likely N-dealkylation sites (N-methyl/N-ethyl adjacent to an activating group) is 1. The summed E-state index contributed by atoms with van der Waals surface area (Å²) in [5, 5.41) is 4.98. The quantitative estimate of drug-likeness (QED) is 0.487. The molecule has 0 aromatic carbocycles. The van der Waals surface area contributed by atoms with Crippen molar-refractivity contribution < 1.29 is 14.4 Å². The monoisotopic (exact) mass is 243 g/mol. The third-order valence-electron chi connectivity index (χ3n) is 2.17. The molecule has 98 valence electrons. The Morgan fingerprint density at radius 3 is 2.24 bits per heavy atom. The third-order valence-corrected chi connectivity index (χ3v) is 2.17. The maximum absolute atomic E-state index is 11.5. The smallest absolute Gasteiger partial charge is 0.311 e. The van der Waals surface area contributed by atoms with Gasteiger partial charge in [-0.2, -0.15) is 0 Å². The van der Waals surface area contributed by atoms with Gasteiger partial charge in [0, 0.05) is 33.6 Å². The molecule has 0 rings (SSSR count). The molecule has 6 nitrogen and oxygen atoms in total. The first kappa shape index (κ1) is 15.4. The first-order chi connectivity index (χ1) is 7.99. The molecule has 0 aliphatic carbocycles. The van der Waals surface area contributed by atoms with Crippen LogP contribution in [0.2, 0.25) is 0 Å². The average molecular weight is 243 g/mol. The number of carbonyl (C=O) groups excluding carboxylic acids is 3. The number of nitrogens with one attached hydrogen (secondary N) is 2. The molecule has 0 atom stereocenters. The maximum atomic E-state index is 11.5.